The Morgan fingerprint density at radius 2 is 2.33 bits per heavy atom. The van der Waals surface area contributed by atoms with Crippen molar-refractivity contribution < 1.29 is 8.42 Å². The van der Waals surface area contributed by atoms with Gasteiger partial charge in [0.1, 0.15) is 0 Å². The van der Waals surface area contributed by atoms with Crippen LogP contribution in [-0.2, 0) is 10.0 Å². The Hall–Kier alpha value is -0.170. The lowest BCUT2D eigenvalue weighted by Crippen LogP contribution is -2.31. The van der Waals surface area contributed by atoms with Gasteiger partial charge >= 0.3 is 0 Å². The van der Waals surface area contributed by atoms with Gasteiger partial charge in [0.25, 0.3) is 10.0 Å². The molecule has 0 spiro atoms. The summed E-state index contributed by atoms with van der Waals surface area (Å²) in [6, 6.07) is 0. The molecule has 1 aliphatic carbocycles. The average molecular weight is 267 g/mol. The number of rotatable bonds is 4. The van der Waals surface area contributed by atoms with Crippen molar-refractivity contribution in [1.82, 2.24) is 9.71 Å². The monoisotopic (exact) mass is 266 g/mol. The van der Waals surface area contributed by atoms with Crippen LogP contribution in [0.1, 0.15) is 19.3 Å². The van der Waals surface area contributed by atoms with Gasteiger partial charge in [0.05, 0.1) is 6.20 Å². The summed E-state index contributed by atoms with van der Waals surface area (Å²) >= 11 is 6.56. The number of hydrogen-bond donors (Lipinski definition) is 1. The van der Waals surface area contributed by atoms with Crippen molar-refractivity contribution in [2.45, 2.75) is 23.5 Å². The maximum atomic E-state index is 11.7. The van der Waals surface area contributed by atoms with Gasteiger partial charge in [-0.1, -0.05) is 29.4 Å². The van der Waals surface area contributed by atoms with Crippen molar-refractivity contribution in [3.63, 3.8) is 0 Å². The molecule has 1 fully saturated rings. The summed E-state index contributed by atoms with van der Waals surface area (Å²) in [7, 11) is -3.39. The topological polar surface area (TPSA) is 59.1 Å². The third-order valence-corrected chi connectivity index (χ3v) is 5.51. The lowest BCUT2D eigenvalue weighted by atomic mass is 9.86. The molecule has 1 N–H and O–H groups in total. The van der Waals surface area contributed by atoms with E-state index in [1.807, 2.05) is 0 Å². The van der Waals surface area contributed by atoms with E-state index in [0.717, 1.165) is 24.2 Å². The van der Waals surface area contributed by atoms with Crippen LogP contribution in [0.2, 0.25) is 4.47 Å². The molecule has 15 heavy (non-hydrogen) atoms. The maximum absolute atomic E-state index is 11.7. The van der Waals surface area contributed by atoms with E-state index in [1.54, 1.807) is 0 Å². The van der Waals surface area contributed by atoms with E-state index in [-0.39, 0.29) is 8.68 Å². The zero-order valence-electron chi connectivity index (χ0n) is 7.94. The van der Waals surface area contributed by atoms with Crippen molar-refractivity contribution >= 4 is 33.0 Å². The first-order chi connectivity index (χ1) is 7.08. The number of thiazole rings is 1. The highest BCUT2D eigenvalue weighted by Crippen LogP contribution is 2.27. The van der Waals surface area contributed by atoms with Gasteiger partial charge in [0.2, 0.25) is 0 Å². The Kier molecular flexibility index (Phi) is 3.30. The molecule has 0 atom stereocenters. The number of aromatic nitrogens is 1. The van der Waals surface area contributed by atoms with Gasteiger partial charge in [0, 0.05) is 6.54 Å². The van der Waals surface area contributed by atoms with Crippen LogP contribution in [0, 0.1) is 5.92 Å². The fraction of sp³-hybridized carbons (Fsp3) is 0.625. The van der Waals surface area contributed by atoms with Crippen molar-refractivity contribution in [1.29, 1.82) is 0 Å². The Morgan fingerprint density at radius 3 is 2.80 bits per heavy atom. The van der Waals surface area contributed by atoms with Gasteiger partial charge in [-0.2, -0.15) is 0 Å². The number of sulfonamides is 1. The second-order valence-corrected chi connectivity index (χ2v) is 7.19. The molecular weight excluding hydrogens is 256 g/mol. The average Bonchev–Trinajstić information content (AvgIpc) is 2.49. The van der Waals surface area contributed by atoms with Crippen LogP contribution in [0.15, 0.2) is 10.4 Å². The SMILES string of the molecule is O=S(=O)(NCC1CCC1)c1cnc(Cl)s1. The molecule has 1 saturated carbocycles. The van der Waals surface area contributed by atoms with Crippen LogP contribution in [0.4, 0.5) is 0 Å². The van der Waals surface area contributed by atoms with E-state index in [4.69, 9.17) is 11.6 Å². The number of nitrogens with one attached hydrogen (secondary N) is 1. The summed E-state index contributed by atoms with van der Waals surface area (Å²) in [6.45, 7) is 0.526. The molecule has 1 heterocycles. The lowest BCUT2D eigenvalue weighted by molar-refractivity contribution is 0.316. The molecule has 1 aromatic rings. The lowest BCUT2D eigenvalue weighted by Gasteiger charge is -2.24. The number of halogens is 1. The highest BCUT2D eigenvalue weighted by Gasteiger charge is 2.22. The fourth-order valence-electron chi connectivity index (χ4n) is 1.36. The van der Waals surface area contributed by atoms with Gasteiger partial charge in [-0.15, -0.1) is 0 Å². The smallest absolute Gasteiger partial charge is 0.232 e. The van der Waals surface area contributed by atoms with Crippen LogP contribution < -0.4 is 4.72 Å². The standard InChI is InChI=1S/C8H11ClN2O2S2/c9-8-10-5-7(14-8)15(12,13)11-4-6-2-1-3-6/h5-6,11H,1-4H2. The Bertz CT molecular complexity index is 439. The molecule has 1 aromatic heterocycles. The molecule has 84 valence electrons. The van der Waals surface area contributed by atoms with Crippen molar-refractivity contribution in [3.8, 4) is 0 Å². The van der Waals surface area contributed by atoms with Gasteiger partial charge in [0.15, 0.2) is 8.68 Å². The quantitative estimate of drug-likeness (QED) is 0.905. The van der Waals surface area contributed by atoms with E-state index in [9.17, 15) is 8.42 Å². The zero-order valence-corrected chi connectivity index (χ0v) is 10.3. The fourth-order valence-corrected chi connectivity index (χ4v) is 3.81. The zero-order chi connectivity index (χ0) is 10.9. The molecule has 0 amide bonds. The second kappa shape index (κ2) is 4.37. The molecule has 7 heteroatoms. The van der Waals surface area contributed by atoms with E-state index >= 15 is 0 Å². The highest BCUT2D eigenvalue weighted by atomic mass is 35.5. The second-order valence-electron chi connectivity index (χ2n) is 3.58. The number of hydrogen-bond acceptors (Lipinski definition) is 4. The molecule has 2 rings (SSSR count). The van der Waals surface area contributed by atoms with E-state index in [0.29, 0.717) is 12.5 Å². The van der Waals surface area contributed by atoms with Crippen molar-refractivity contribution in [2.75, 3.05) is 6.54 Å². The minimum Gasteiger partial charge on any atom is -0.232 e. The third kappa shape index (κ3) is 2.69. The Balaban J connectivity index is 1.99. The minimum absolute atomic E-state index is 0.187. The first-order valence-corrected chi connectivity index (χ1v) is 7.37. The van der Waals surface area contributed by atoms with Crippen LogP contribution in [0.3, 0.4) is 0 Å². The van der Waals surface area contributed by atoms with Gasteiger partial charge in [-0.25, -0.2) is 18.1 Å². The number of nitrogens with zero attached hydrogens (tertiary/aromatic N) is 1. The van der Waals surface area contributed by atoms with Gasteiger partial charge in [-0.3, -0.25) is 0 Å². The Labute approximate surface area is 97.7 Å². The van der Waals surface area contributed by atoms with Crippen LogP contribution in [0.25, 0.3) is 0 Å². The largest absolute Gasteiger partial charge is 0.251 e. The predicted octanol–water partition coefficient (Wildman–Crippen LogP) is 1.87. The summed E-state index contributed by atoms with van der Waals surface area (Å²) < 4.78 is 26.4. The predicted molar refractivity (Wildman–Crippen MR) is 59.7 cm³/mol. The summed E-state index contributed by atoms with van der Waals surface area (Å²) in [5.74, 6) is 0.503. The minimum atomic E-state index is -3.39. The van der Waals surface area contributed by atoms with Gasteiger partial charge < -0.3 is 0 Å². The summed E-state index contributed by atoms with van der Waals surface area (Å²) in [6.07, 6.45) is 4.73. The molecule has 0 aromatic carbocycles. The summed E-state index contributed by atoms with van der Waals surface area (Å²) in [5, 5.41) is 0. The van der Waals surface area contributed by atoms with E-state index in [2.05, 4.69) is 9.71 Å². The van der Waals surface area contributed by atoms with Crippen molar-refractivity contribution in [2.24, 2.45) is 5.92 Å². The molecule has 0 radical (unpaired) electrons. The highest BCUT2D eigenvalue weighted by molar-refractivity contribution is 7.91. The van der Waals surface area contributed by atoms with Crippen LogP contribution in [0.5, 0.6) is 0 Å². The van der Waals surface area contributed by atoms with E-state index < -0.39 is 10.0 Å². The normalized spacial score (nSPS) is 17.7. The van der Waals surface area contributed by atoms with Crippen molar-refractivity contribution in [3.05, 3.63) is 10.7 Å². The molecule has 0 unspecified atom stereocenters. The van der Waals surface area contributed by atoms with Gasteiger partial charge in [-0.05, 0) is 18.8 Å². The molecule has 1 aliphatic rings. The molecule has 0 aliphatic heterocycles. The van der Waals surface area contributed by atoms with E-state index in [1.165, 1.54) is 12.6 Å². The molecule has 0 saturated heterocycles. The molecular formula is C8H11ClN2O2S2. The molecule has 4 nitrogen and oxygen atoms in total. The Morgan fingerprint density at radius 1 is 1.60 bits per heavy atom. The first kappa shape index (κ1) is 11.3. The first-order valence-electron chi connectivity index (χ1n) is 4.69. The molecule has 0 bridgehead atoms. The van der Waals surface area contributed by atoms with Crippen LogP contribution in [-0.4, -0.2) is 19.9 Å². The summed E-state index contributed by atoms with van der Waals surface area (Å²) in [4.78, 5) is 3.71. The van der Waals surface area contributed by atoms with Crippen LogP contribution >= 0.6 is 22.9 Å². The third-order valence-electron chi connectivity index (χ3n) is 2.51. The summed E-state index contributed by atoms with van der Waals surface area (Å²) in [5.41, 5.74) is 0. The maximum Gasteiger partial charge on any atom is 0.251 e.